The van der Waals surface area contributed by atoms with Crippen LogP contribution in [-0.4, -0.2) is 52.0 Å². The predicted molar refractivity (Wildman–Crippen MR) is 72.7 cm³/mol. The number of fused-ring (bicyclic) bond motifs is 1. The molecule has 3 heterocycles. The van der Waals surface area contributed by atoms with Crippen molar-refractivity contribution in [3.63, 3.8) is 0 Å². The zero-order valence-electron chi connectivity index (χ0n) is 10.7. The Hall–Kier alpha value is -1.03. The number of nitrogen functional groups attached to an aromatic ring is 1. The molecule has 11 heteroatoms. The molecule has 0 radical (unpaired) electrons. The standard InChI is InChI=1S/C9H15BN3O6P/c10-20(16)17-3-4-7(19-20)6(14)8(18-4)13-2-1-5(11)12-9(13)15/h1-2,4,6-8,14,16,20H,3,10H2,(H2,11,12,15)/t4?,6-,7+,8?/m0/s1. The first-order valence-electron chi connectivity index (χ1n) is 6.10. The third-order valence-electron chi connectivity index (χ3n) is 3.31. The van der Waals surface area contributed by atoms with Gasteiger partial charge < -0.3 is 0 Å². The Morgan fingerprint density at radius 3 is 3.05 bits per heavy atom. The molecule has 2 saturated heterocycles. The molecular weight excluding hydrogens is 288 g/mol. The molecule has 0 amide bonds. The molecule has 2 unspecified atom stereocenters. The van der Waals surface area contributed by atoms with E-state index in [1.807, 2.05) is 0 Å². The molecule has 4 atom stereocenters. The van der Waals surface area contributed by atoms with Crippen molar-refractivity contribution in [3.8, 4) is 0 Å². The predicted octanol–water partition coefficient (Wildman–Crippen LogP) is -2.47. The monoisotopic (exact) mass is 303 g/mol. The summed E-state index contributed by atoms with van der Waals surface area (Å²) in [4.78, 5) is 25.2. The van der Waals surface area contributed by atoms with E-state index in [0.29, 0.717) is 0 Å². The summed E-state index contributed by atoms with van der Waals surface area (Å²) in [7, 11) is -1.78. The summed E-state index contributed by atoms with van der Waals surface area (Å²) in [6.45, 7) is 0.106. The van der Waals surface area contributed by atoms with Crippen LogP contribution in [0.3, 0.4) is 0 Å². The molecule has 1 aromatic rings. The maximum atomic E-state index is 11.8. The molecule has 0 aliphatic carbocycles. The zero-order valence-corrected chi connectivity index (χ0v) is 11.7. The van der Waals surface area contributed by atoms with Crippen molar-refractivity contribution in [1.82, 2.24) is 9.55 Å². The van der Waals surface area contributed by atoms with E-state index in [-0.39, 0.29) is 12.4 Å². The summed E-state index contributed by atoms with van der Waals surface area (Å²) in [6, 6.07) is 1.43. The molecule has 0 bridgehead atoms. The molecular formula is C9H15BN3O6P. The molecule has 0 saturated carbocycles. The van der Waals surface area contributed by atoms with Crippen LogP contribution in [0.1, 0.15) is 6.23 Å². The van der Waals surface area contributed by atoms with Crippen molar-refractivity contribution in [2.45, 2.75) is 24.5 Å². The number of anilines is 1. The first-order valence-corrected chi connectivity index (χ1v) is 8.36. The average molecular weight is 303 g/mol. The van der Waals surface area contributed by atoms with E-state index in [4.69, 9.17) is 19.5 Å². The number of hydrogen-bond acceptors (Lipinski definition) is 8. The summed E-state index contributed by atoms with van der Waals surface area (Å²) < 4.78 is 17.2. The van der Waals surface area contributed by atoms with Crippen molar-refractivity contribution in [2.75, 3.05) is 12.3 Å². The number of aromatic nitrogens is 2. The second kappa shape index (κ2) is 4.76. The van der Waals surface area contributed by atoms with E-state index in [9.17, 15) is 14.8 Å². The van der Waals surface area contributed by atoms with Crippen LogP contribution in [0.2, 0.25) is 0 Å². The molecule has 1 aromatic heterocycles. The third-order valence-corrected chi connectivity index (χ3v) is 4.72. The first kappa shape index (κ1) is 13.9. The van der Waals surface area contributed by atoms with E-state index in [1.54, 1.807) is 0 Å². The fourth-order valence-electron chi connectivity index (χ4n) is 2.37. The number of nitrogens with two attached hydrogens (primary N) is 1. The van der Waals surface area contributed by atoms with Gasteiger partial charge in [-0.05, 0) is 0 Å². The summed E-state index contributed by atoms with van der Waals surface area (Å²) in [5.41, 5.74) is 4.79. The Kier molecular flexibility index (Phi) is 3.32. The van der Waals surface area contributed by atoms with Gasteiger partial charge in [0.05, 0.1) is 0 Å². The van der Waals surface area contributed by atoms with Gasteiger partial charge >= 0.3 is 114 Å². The molecule has 3 rings (SSSR count). The number of ether oxygens (including phenoxy) is 1. The molecule has 2 aliphatic heterocycles. The van der Waals surface area contributed by atoms with Crippen molar-refractivity contribution >= 4 is 21.2 Å². The minimum absolute atomic E-state index is 0.0890. The molecule has 0 aromatic carbocycles. The van der Waals surface area contributed by atoms with Crippen LogP contribution < -0.4 is 11.4 Å². The number of aliphatic hydroxyl groups excluding tert-OH is 1. The number of hydrogen-bond donors (Lipinski definition) is 3. The fraction of sp³-hybridized carbons (Fsp3) is 0.556. The quantitative estimate of drug-likeness (QED) is 0.385. The second-order valence-electron chi connectivity index (χ2n) is 4.89. The van der Waals surface area contributed by atoms with E-state index in [0.717, 1.165) is 4.57 Å². The van der Waals surface area contributed by atoms with Crippen LogP contribution in [0.25, 0.3) is 0 Å². The van der Waals surface area contributed by atoms with Gasteiger partial charge in [0.15, 0.2) is 0 Å². The van der Waals surface area contributed by atoms with E-state index in [2.05, 4.69) is 4.98 Å². The Bertz CT molecular complexity index is 583. The molecule has 9 nitrogen and oxygen atoms in total. The van der Waals surface area contributed by atoms with Crippen LogP contribution in [0.4, 0.5) is 5.82 Å². The Balaban J connectivity index is 1.88. The van der Waals surface area contributed by atoms with Crippen LogP contribution in [0, 0.1) is 0 Å². The molecule has 20 heavy (non-hydrogen) atoms. The maximum absolute atomic E-state index is 11.8. The fourth-order valence-corrected chi connectivity index (χ4v) is 3.71. The van der Waals surface area contributed by atoms with Crippen LogP contribution in [-0.2, 0) is 13.8 Å². The summed E-state index contributed by atoms with van der Waals surface area (Å²) in [5, 5.41) is 10.3. The second-order valence-corrected chi connectivity index (χ2v) is 7.21. The van der Waals surface area contributed by atoms with Gasteiger partial charge in [-0.15, -0.1) is 0 Å². The van der Waals surface area contributed by atoms with Gasteiger partial charge in [-0.25, -0.2) is 0 Å². The molecule has 2 aliphatic rings. The van der Waals surface area contributed by atoms with Crippen molar-refractivity contribution in [2.24, 2.45) is 0 Å². The van der Waals surface area contributed by atoms with Crippen molar-refractivity contribution < 1.29 is 23.8 Å². The van der Waals surface area contributed by atoms with Gasteiger partial charge in [0.1, 0.15) is 0 Å². The van der Waals surface area contributed by atoms with Gasteiger partial charge in [-0.1, -0.05) is 0 Å². The zero-order chi connectivity index (χ0) is 14.5. The molecule has 4 N–H and O–H groups in total. The van der Waals surface area contributed by atoms with Gasteiger partial charge in [0.25, 0.3) is 0 Å². The van der Waals surface area contributed by atoms with Crippen LogP contribution in [0.5, 0.6) is 0 Å². The number of aliphatic hydroxyl groups is 1. The van der Waals surface area contributed by atoms with Crippen LogP contribution in [0.15, 0.2) is 17.1 Å². The SMILES string of the molecule is B[PH]1(O)OCC2OC(n3ccc(N)nc3=O)[C@@H](O)[C@@H]2O1. The van der Waals surface area contributed by atoms with Crippen molar-refractivity contribution in [3.05, 3.63) is 22.7 Å². The Labute approximate surface area is 115 Å². The molecule has 110 valence electrons. The topological polar surface area (TPSA) is 129 Å². The third kappa shape index (κ3) is 2.35. The van der Waals surface area contributed by atoms with Gasteiger partial charge in [0.2, 0.25) is 0 Å². The normalized spacial score (nSPS) is 37.3. The molecule has 2 fully saturated rings. The number of nitrogens with zero attached hydrogens (tertiary/aromatic N) is 2. The summed E-state index contributed by atoms with van der Waals surface area (Å²) >= 11 is 0. The van der Waals surface area contributed by atoms with E-state index < -0.39 is 38.1 Å². The van der Waals surface area contributed by atoms with Crippen molar-refractivity contribution in [1.29, 1.82) is 0 Å². The van der Waals surface area contributed by atoms with Gasteiger partial charge in [0, 0.05) is 0 Å². The minimum atomic E-state index is -3.23. The van der Waals surface area contributed by atoms with Gasteiger partial charge in [-0.2, -0.15) is 0 Å². The Morgan fingerprint density at radius 1 is 1.60 bits per heavy atom. The molecule has 0 spiro atoms. The van der Waals surface area contributed by atoms with E-state index in [1.165, 1.54) is 19.8 Å². The summed E-state index contributed by atoms with van der Waals surface area (Å²) in [5.74, 6) is 0.0890. The first-order chi connectivity index (χ1) is 9.37. The van der Waals surface area contributed by atoms with Crippen LogP contribution >= 0.6 is 7.82 Å². The summed E-state index contributed by atoms with van der Waals surface area (Å²) in [6.07, 6.45) is -1.94. The average Bonchev–Trinajstić information content (AvgIpc) is 2.66. The Morgan fingerprint density at radius 2 is 2.35 bits per heavy atom. The van der Waals surface area contributed by atoms with E-state index >= 15 is 0 Å². The van der Waals surface area contributed by atoms with Gasteiger partial charge in [-0.3, -0.25) is 0 Å². The number of rotatable bonds is 1.